The first kappa shape index (κ1) is 9.24. The standard InChI is InChI=1S/C11H16O/c1-12-10-6-5-9-11-7-3-2-4-8-11/h5-6,9H,2-4,7-8H2,1H3/b6-5+. The summed E-state index contributed by atoms with van der Waals surface area (Å²) in [5.41, 5.74) is 1.57. The Bertz CT molecular complexity index is 191. The lowest BCUT2D eigenvalue weighted by Crippen LogP contribution is -1.92. The van der Waals surface area contributed by atoms with Crippen LogP contribution in [-0.2, 0) is 4.42 Å². The van der Waals surface area contributed by atoms with Gasteiger partial charge in [0.15, 0.2) is 0 Å². The van der Waals surface area contributed by atoms with E-state index < -0.39 is 0 Å². The maximum absolute atomic E-state index is 4.67. The summed E-state index contributed by atoms with van der Waals surface area (Å²) in [6.07, 6.45) is 15.3. The van der Waals surface area contributed by atoms with E-state index in [4.69, 9.17) is 0 Å². The zero-order valence-electron chi connectivity index (χ0n) is 7.68. The summed E-state index contributed by atoms with van der Waals surface area (Å²) < 4.78 is 4.67. The van der Waals surface area contributed by atoms with Crippen LogP contribution >= 0.6 is 0 Å². The lowest BCUT2D eigenvalue weighted by atomic mass is 9.95. The molecule has 1 aliphatic carbocycles. The van der Waals surface area contributed by atoms with E-state index in [1.54, 1.807) is 12.7 Å². The number of rotatable bonds is 2. The maximum atomic E-state index is 4.67. The first-order valence-corrected chi connectivity index (χ1v) is 4.56. The van der Waals surface area contributed by atoms with Gasteiger partial charge in [0.05, 0.1) is 0 Å². The third-order valence-electron chi connectivity index (χ3n) is 2.11. The Labute approximate surface area is 74.5 Å². The van der Waals surface area contributed by atoms with Gasteiger partial charge in [-0.15, -0.1) is 12.2 Å². The Morgan fingerprint density at radius 1 is 1.25 bits per heavy atom. The molecule has 0 atom stereocenters. The van der Waals surface area contributed by atoms with E-state index in [1.165, 1.54) is 32.1 Å². The van der Waals surface area contributed by atoms with Crippen molar-refractivity contribution in [2.45, 2.75) is 32.1 Å². The highest BCUT2D eigenvalue weighted by molar-refractivity contribution is 5.66. The summed E-state index contributed by atoms with van der Waals surface area (Å²) in [6, 6.07) is 0. The molecule has 0 aromatic carbocycles. The van der Waals surface area contributed by atoms with Crippen LogP contribution in [0.15, 0.2) is 23.8 Å². The fourth-order valence-electron chi connectivity index (χ4n) is 1.46. The van der Waals surface area contributed by atoms with Gasteiger partial charge in [0, 0.05) is 0 Å². The highest BCUT2D eigenvalue weighted by atomic mass is 16.4. The minimum atomic E-state index is 1.28. The molecule has 0 aromatic rings. The van der Waals surface area contributed by atoms with Gasteiger partial charge in [0.2, 0.25) is 13.4 Å². The monoisotopic (exact) mass is 164 g/mol. The van der Waals surface area contributed by atoms with Crippen LogP contribution < -0.4 is 0 Å². The van der Waals surface area contributed by atoms with Crippen LogP contribution in [0, 0.1) is 0 Å². The molecule has 66 valence electrons. The van der Waals surface area contributed by atoms with E-state index in [0.717, 1.165) is 0 Å². The van der Waals surface area contributed by atoms with E-state index >= 15 is 0 Å². The van der Waals surface area contributed by atoms with Crippen molar-refractivity contribution in [2.75, 3.05) is 7.11 Å². The Balaban J connectivity index is 2.34. The fraction of sp³-hybridized carbons (Fsp3) is 0.545. The van der Waals surface area contributed by atoms with Crippen LogP contribution in [0.4, 0.5) is 0 Å². The molecule has 0 spiro atoms. The second kappa shape index (κ2) is 5.76. The van der Waals surface area contributed by atoms with Gasteiger partial charge in [-0.1, -0.05) is 12.0 Å². The zero-order valence-corrected chi connectivity index (χ0v) is 7.68. The quantitative estimate of drug-likeness (QED) is 0.338. The molecule has 1 fully saturated rings. The fourth-order valence-corrected chi connectivity index (χ4v) is 1.46. The maximum Gasteiger partial charge on any atom is 0.229 e. The van der Waals surface area contributed by atoms with Crippen molar-refractivity contribution in [3.63, 3.8) is 0 Å². The second-order valence-electron chi connectivity index (χ2n) is 3.07. The van der Waals surface area contributed by atoms with Gasteiger partial charge in [-0.3, -0.25) is 0 Å². The summed E-state index contributed by atoms with van der Waals surface area (Å²) in [5, 5.41) is 0. The largest absolute Gasteiger partial charge is 0.355 e. The average molecular weight is 164 g/mol. The van der Waals surface area contributed by atoms with E-state index in [-0.39, 0.29) is 0 Å². The Hall–Kier alpha value is -0.850. The molecule has 1 aliphatic rings. The smallest absolute Gasteiger partial charge is 0.229 e. The molecule has 0 N–H and O–H groups in total. The second-order valence-corrected chi connectivity index (χ2v) is 3.07. The zero-order chi connectivity index (χ0) is 8.65. The van der Waals surface area contributed by atoms with Gasteiger partial charge in [-0.05, 0) is 25.7 Å². The van der Waals surface area contributed by atoms with E-state index in [0.29, 0.717) is 0 Å². The van der Waals surface area contributed by atoms with Crippen LogP contribution in [0.5, 0.6) is 0 Å². The number of hydrogen-bond acceptors (Lipinski definition) is 0. The van der Waals surface area contributed by atoms with Crippen LogP contribution in [0.3, 0.4) is 0 Å². The Morgan fingerprint density at radius 3 is 2.67 bits per heavy atom. The topological polar surface area (TPSA) is 11.3 Å². The molecule has 1 nitrogen and oxygen atoms in total. The van der Waals surface area contributed by atoms with Gasteiger partial charge >= 0.3 is 0 Å². The van der Waals surface area contributed by atoms with Crippen molar-refractivity contribution in [3.05, 3.63) is 23.8 Å². The van der Waals surface area contributed by atoms with Gasteiger partial charge < -0.3 is 4.42 Å². The SMILES string of the molecule is C[O+]=[C-]/C=C/C=C1CCCCC1. The molecule has 1 heteroatoms. The molecule has 0 radical (unpaired) electrons. The van der Waals surface area contributed by atoms with Gasteiger partial charge in [-0.25, -0.2) is 6.08 Å². The molecule has 0 bridgehead atoms. The van der Waals surface area contributed by atoms with E-state index in [2.05, 4.69) is 16.8 Å². The summed E-state index contributed by atoms with van der Waals surface area (Å²) >= 11 is 0. The minimum Gasteiger partial charge on any atom is -0.355 e. The Kier molecular flexibility index (Phi) is 4.43. The molecule has 0 heterocycles. The normalized spacial score (nSPS) is 19.2. The molecule has 0 unspecified atom stereocenters. The van der Waals surface area contributed by atoms with Crippen LogP contribution in [0.1, 0.15) is 32.1 Å². The van der Waals surface area contributed by atoms with Gasteiger partial charge in [0.25, 0.3) is 0 Å². The number of carbonyl (C=O) groups excluding carboxylic acids is 1. The van der Waals surface area contributed by atoms with Crippen molar-refractivity contribution in [1.29, 1.82) is 0 Å². The molecule has 1 rings (SSSR count). The third kappa shape index (κ3) is 3.51. The molecule has 0 saturated heterocycles. The summed E-state index contributed by atoms with van der Waals surface area (Å²) in [4.78, 5) is 0. The first-order valence-electron chi connectivity index (χ1n) is 4.56. The van der Waals surface area contributed by atoms with Crippen LogP contribution in [-0.4, -0.2) is 13.4 Å². The van der Waals surface area contributed by atoms with Gasteiger partial charge in [-0.2, -0.15) is 0 Å². The van der Waals surface area contributed by atoms with Crippen molar-refractivity contribution < 1.29 is 4.42 Å². The molecule has 0 aromatic heterocycles. The first-order chi connectivity index (χ1) is 5.93. The van der Waals surface area contributed by atoms with E-state index in [1.807, 2.05) is 12.2 Å². The number of allylic oxidation sites excluding steroid dienone is 4. The number of hydrogen-bond donors (Lipinski definition) is 0. The Morgan fingerprint density at radius 2 is 2.00 bits per heavy atom. The highest BCUT2D eigenvalue weighted by Crippen LogP contribution is 2.22. The van der Waals surface area contributed by atoms with Crippen LogP contribution in [0.2, 0.25) is 0 Å². The summed E-state index contributed by atoms with van der Waals surface area (Å²) in [6.45, 7) is 0. The molecular weight excluding hydrogens is 148 g/mol. The lowest BCUT2D eigenvalue weighted by Gasteiger charge is -2.13. The van der Waals surface area contributed by atoms with Crippen molar-refractivity contribution in [1.82, 2.24) is 0 Å². The lowest BCUT2D eigenvalue weighted by molar-refractivity contribution is 0.186. The third-order valence-corrected chi connectivity index (χ3v) is 2.11. The highest BCUT2D eigenvalue weighted by Gasteiger charge is 2.01. The van der Waals surface area contributed by atoms with E-state index in [9.17, 15) is 0 Å². The molecular formula is C11H16O. The van der Waals surface area contributed by atoms with Crippen molar-refractivity contribution >= 4 is 6.29 Å². The average Bonchev–Trinajstić information content (AvgIpc) is 2.14. The van der Waals surface area contributed by atoms with Gasteiger partial charge in [0.1, 0.15) is 0 Å². The predicted molar refractivity (Wildman–Crippen MR) is 51.9 cm³/mol. The van der Waals surface area contributed by atoms with Crippen molar-refractivity contribution in [3.8, 4) is 0 Å². The summed E-state index contributed by atoms with van der Waals surface area (Å²) in [7, 11) is 1.61. The molecule has 0 aliphatic heterocycles. The molecule has 1 saturated carbocycles. The van der Waals surface area contributed by atoms with Crippen molar-refractivity contribution in [2.24, 2.45) is 0 Å². The summed E-state index contributed by atoms with van der Waals surface area (Å²) in [5.74, 6) is 0. The predicted octanol–water partition coefficient (Wildman–Crippen LogP) is 2.71. The minimum absolute atomic E-state index is 1.28. The molecule has 0 amide bonds. The molecule has 12 heavy (non-hydrogen) atoms. The van der Waals surface area contributed by atoms with Crippen LogP contribution in [0.25, 0.3) is 0 Å².